The molecule has 0 amide bonds. The van der Waals surface area contributed by atoms with Crippen LogP contribution in [0.2, 0.25) is 0 Å². The zero-order valence-corrected chi connectivity index (χ0v) is 22.9. The maximum Gasteiger partial charge on any atom is 0.311 e. The van der Waals surface area contributed by atoms with E-state index in [1.54, 1.807) is 12.1 Å². The third kappa shape index (κ3) is 5.12. The molecule has 0 saturated heterocycles. The van der Waals surface area contributed by atoms with Crippen molar-refractivity contribution in [2.24, 2.45) is 22.7 Å². The molecule has 200 valence electrons. The van der Waals surface area contributed by atoms with Gasteiger partial charge < -0.3 is 14.2 Å². The number of esters is 3. The lowest BCUT2D eigenvalue weighted by Gasteiger charge is -2.57. The highest BCUT2D eigenvalue weighted by atomic mass is 16.5. The number of ether oxygens (including phenoxy) is 3. The van der Waals surface area contributed by atoms with E-state index in [-0.39, 0.29) is 29.2 Å². The van der Waals surface area contributed by atoms with Crippen LogP contribution in [-0.4, -0.2) is 25.0 Å². The van der Waals surface area contributed by atoms with E-state index in [4.69, 9.17) is 14.2 Å². The minimum absolute atomic E-state index is 0.00898. The van der Waals surface area contributed by atoms with Crippen LogP contribution in [0.3, 0.4) is 0 Å². The van der Waals surface area contributed by atoms with Gasteiger partial charge in [-0.25, -0.2) is 0 Å². The maximum atomic E-state index is 12.9. The molecule has 6 nitrogen and oxygen atoms in total. The van der Waals surface area contributed by atoms with Gasteiger partial charge in [0.05, 0.1) is 12.5 Å². The molecular formula is C31H40O6. The Hall–Kier alpha value is -2.89. The Kier molecular flexibility index (Phi) is 7.68. The quantitative estimate of drug-likeness (QED) is 0.255. The summed E-state index contributed by atoms with van der Waals surface area (Å²) in [6.45, 7) is 11.7. The third-order valence-corrected chi connectivity index (χ3v) is 9.28. The third-order valence-electron chi connectivity index (χ3n) is 9.28. The SMILES string of the molecule is C=C1CCC2C(C)(C(=O)OC)CCC[C@]2(C)[C@H]1CCC1=CCc2c(OC(C)=O)ccc(OC(C)=O)c2C1. The zero-order chi connectivity index (χ0) is 27.0. The smallest absolute Gasteiger partial charge is 0.311 e. The molecule has 0 spiro atoms. The molecule has 3 aliphatic rings. The summed E-state index contributed by atoms with van der Waals surface area (Å²) in [5, 5.41) is 0. The van der Waals surface area contributed by atoms with Gasteiger partial charge in [0.2, 0.25) is 0 Å². The normalized spacial score (nSPS) is 28.9. The van der Waals surface area contributed by atoms with E-state index in [0.717, 1.165) is 56.1 Å². The summed E-state index contributed by atoms with van der Waals surface area (Å²) in [7, 11) is 1.50. The highest BCUT2D eigenvalue weighted by Crippen LogP contribution is 2.62. The fourth-order valence-corrected chi connectivity index (χ4v) is 7.59. The van der Waals surface area contributed by atoms with Crippen molar-refractivity contribution in [3.8, 4) is 11.5 Å². The second kappa shape index (κ2) is 10.5. The monoisotopic (exact) mass is 508 g/mol. The van der Waals surface area contributed by atoms with Crippen molar-refractivity contribution in [1.82, 2.24) is 0 Å². The highest BCUT2D eigenvalue weighted by Gasteiger charge is 2.57. The van der Waals surface area contributed by atoms with Crippen LogP contribution in [0.15, 0.2) is 35.9 Å². The summed E-state index contributed by atoms with van der Waals surface area (Å²) < 4.78 is 16.2. The molecule has 1 aromatic rings. The van der Waals surface area contributed by atoms with E-state index in [9.17, 15) is 14.4 Å². The lowest BCUT2D eigenvalue weighted by molar-refractivity contribution is -0.168. The fourth-order valence-electron chi connectivity index (χ4n) is 7.59. The molecule has 2 saturated carbocycles. The maximum absolute atomic E-state index is 12.9. The highest BCUT2D eigenvalue weighted by molar-refractivity contribution is 5.77. The van der Waals surface area contributed by atoms with Gasteiger partial charge in [0.25, 0.3) is 0 Å². The van der Waals surface area contributed by atoms with E-state index in [0.29, 0.717) is 30.3 Å². The first-order chi connectivity index (χ1) is 17.5. The van der Waals surface area contributed by atoms with Crippen molar-refractivity contribution in [1.29, 1.82) is 0 Å². The summed E-state index contributed by atoms with van der Waals surface area (Å²) in [5.41, 5.74) is 3.94. The molecule has 2 unspecified atom stereocenters. The predicted octanol–water partition coefficient (Wildman–Crippen LogP) is 6.29. The number of allylic oxidation sites excluding steroid dienone is 3. The van der Waals surface area contributed by atoms with Gasteiger partial charge in [-0.1, -0.05) is 37.1 Å². The molecule has 0 aromatic heterocycles. The molecule has 2 fully saturated rings. The Morgan fingerprint density at radius 1 is 1.03 bits per heavy atom. The molecule has 4 rings (SSSR count). The number of rotatable bonds is 6. The molecular weight excluding hydrogens is 468 g/mol. The number of hydrogen-bond donors (Lipinski definition) is 0. The van der Waals surface area contributed by atoms with Crippen LogP contribution >= 0.6 is 0 Å². The van der Waals surface area contributed by atoms with E-state index in [1.807, 2.05) is 0 Å². The van der Waals surface area contributed by atoms with E-state index in [2.05, 4.69) is 26.5 Å². The van der Waals surface area contributed by atoms with Gasteiger partial charge in [-0.3, -0.25) is 14.4 Å². The zero-order valence-electron chi connectivity index (χ0n) is 22.9. The average Bonchev–Trinajstić information content (AvgIpc) is 2.83. The summed E-state index contributed by atoms with van der Waals surface area (Å²) in [6, 6.07) is 3.41. The molecule has 3 aliphatic carbocycles. The molecule has 0 bridgehead atoms. The van der Waals surface area contributed by atoms with Crippen LogP contribution in [0.5, 0.6) is 11.5 Å². The van der Waals surface area contributed by atoms with Crippen LogP contribution in [0.25, 0.3) is 0 Å². The minimum atomic E-state index is -0.449. The topological polar surface area (TPSA) is 78.9 Å². The number of fused-ring (bicyclic) bond motifs is 2. The lowest BCUT2D eigenvalue weighted by atomic mass is 9.46. The number of hydrogen-bond acceptors (Lipinski definition) is 6. The van der Waals surface area contributed by atoms with Gasteiger partial charge in [-0.05, 0) is 87.7 Å². The Morgan fingerprint density at radius 3 is 2.30 bits per heavy atom. The number of carbonyl (C=O) groups is 3. The summed E-state index contributed by atoms with van der Waals surface area (Å²) in [4.78, 5) is 36.2. The molecule has 0 heterocycles. The predicted molar refractivity (Wildman–Crippen MR) is 141 cm³/mol. The van der Waals surface area contributed by atoms with Gasteiger partial charge in [0, 0.05) is 25.0 Å². The van der Waals surface area contributed by atoms with E-state index in [1.165, 1.54) is 32.1 Å². The summed E-state index contributed by atoms with van der Waals surface area (Å²) in [6.07, 6.45) is 10.3. The number of benzene rings is 1. The number of methoxy groups -OCH3 is 1. The summed E-state index contributed by atoms with van der Waals surface area (Å²) in [5.74, 6) is 0.832. The molecule has 0 radical (unpaired) electrons. The molecule has 0 aliphatic heterocycles. The van der Waals surface area contributed by atoms with Crippen LogP contribution in [0.1, 0.15) is 83.8 Å². The Bertz CT molecular complexity index is 1150. The van der Waals surface area contributed by atoms with Crippen LogP contribution < -0.4 is 9.47 Å². The number of carbonyl (C=O) groups excluding carboxylic acids is 3. The van der Waals surface area contributed by atoms with Gasteiger partial charge in [0.15, 0.2) is 0 Å². The van der Waals surface area contributed by atoms with E-state index >= 15 is 0 Å². The lowest BCUT2D eigenvalue weighted by Crippen LogP contribution is -2.53. The van der Waals surface area contributed by atoms with Crippen molar-refractivity contribution in [3.05, 3.63) is 47.1 Å². The second-order valence-corrected chi connectivity index (χ2v) is 11.6. The molecule has 1 aromatic carbocycles. The first kappa shape index (κ1) is 27.2. The van der Waals surface area contributed by atoms with Gasteiger partial charge in [-0.2, -0.15) is 0 Å². The Morgan fingerprint density at radius 2 is 1.68 bits per heavy atom. The van der Waals surface area contributed by atoms with Crippen LogP contribution in [0, 0.1) is 22.7 Å². The van der Waals surface area contributed by atoms with Gasteiger partial charge in [-0.15, -0.1) is 0 Å². The molecule has 4 atom stereocenters. The Balaban J connectivity index is 1.56. The van der Waals surface area contributed by atoms with Gasteiger partial charge in [0.1, 0.15) is 11.5 Å². The van der Waals surface area contributed by atoms with Crippen molar-refractivity contribution in [3.63, 3.8) is 0 Å². The minimum Gasteiger partial charge on any atom is -0.469 e. The molecule has 6 heteroatoms. The van der Waals surface area contributed by atoms with Crippen molar-refractivity contribution < 1.29 is 28.6 Å². The molecule has 0 N–H and O–H groups in total. The van der Waals surface area contributed by atoms with Crippen molar-refractivity contribution in [2.45, 2.75) is 85.5 Å². The van der Waals surface area contributed by atoms with Crippen molar-refractivity contribution in [2.75, 3.05) is 7.11 Å². The van der Waals surface area contributed by atoms with Gasteiger partial charge >= 0.3 is 17.9 Å². The van der Waals surface area contributed by atoms with E-state index < -0.39 is 5.41 Å². The standard InChI is InChI=1S/C31H40O6/c1-19-8-15-28-30(4,16-7-17-31(28,5)29(34)35-6)25(19)12-10-22-9-11-23-24(18-22)27(37-21(3)33)14-13-26(23)36-20(2)32/h9,13-14,25,28H,1,7-8,10-12,15-18H2,2-6H3/t25-,28?,30+,31?/m0/s1. The van der Waals surface area contributed by atoms with Crippen LogP contribution in [0.4, 0.5) is 0 Å². The second-order valence-electron chi connectivity index (χ2n) is 11.6. The van der Waals surface area contributed by atoms with Crippen molar-refractivity contribution >= 4 is 17.9 Å². The summed E-state index contributed by atoms with van der Waals surface area (Å²) >= 11 is 0. The fraction of sp³-hybridized carbons (Fsp3) is 0.581. The first-order valence-corrected chi connectivity index (χ1v) is 13.4. The Labute approximate surface area is 220 Å². The van der Waals surface area contributed by atoms with Crippen LogP contribution in [-0.2, 0) is 32.0 Å². The largest absolute Gasteiger partial charge is 0.469 e. The first-order valence-electron chi connectivity index (χ1n) is 13.4. The molecule has 37 heavy (non-hydrogen) atoms. The average molecular weight is 509 g/mol.